The molecule has 0 atom stereocenters. The number of carbonyl (C=O) groups excluding carboxylic acids is 2. The maximum atomic E-state index is 13.2. The van der Waals surface area contributed by atoms with E-state index in [4.69, 9.17) is 22.3 Å². The zero-order valence-corrected chi connectivity index (χ0v) is 18.4. The third-order valence-corrected chi connectivity index (χ3v) is 6.38. The number of primary amides is 1. The lowest BCUT2D eigenvalue weighted by molar-refractivity contribution is -0.118. The van der Waals surface area contributed by atoms with Crippen molar-refractivity contribution < 1.29 is 9.59 Å². The van der Waals surface area contributed by atoms with E-state index in [0.717, 1.165) is 53.8 Å². The number of rotatable bonds is 6. The summed E-state index contributed by atoms with van der Waals surface area (Å²) in [6.07, 6.45) is 8.53. The van der Waals surface area contributed by atoms with Crippen molar-refractivity contribution in [2.45, 2.75) is 57.8 Å². The van der Waals surface area contributed by atoms with Crippen LogP contribution in [0.15, 0.2) is 42.5 Å². The van der Waals surface area contributed by atoms with Gasteiger partial charge in [0.1, 0.15) is 5.82 Å². The molecule has 1 saturated carbocycles. The average Bonchev–Trinajstić information content (AvgIpc) is 3.09. The molecule has 5 nitrogen and oxygen atoms in total. The van der Waals surface area contributed by atoms with Crippen molar-refractivity contribution in [2.24, 2.45) is 11.7 Å². The van der Waals surface area contributed by atoms with E-state index in [1.54, 1.807) is 0 Å². The summed E-state index contributed by atoms with van der Waals surface area (Å²) in [6.45, 7) is 0. The van der Waals surface area contributed by atoms with Crippen LogP contribution >= 0.6 is 11.6 Å². The van der Waals surface area contributed by atoms with E-state index in [-0.39, 0.29) is 24.0 Å². The first-order chi connectivity index (χ1) is 15.0. The molecule has 6 heteroatoms. The normalized spacial score (nSPS) is 15.5. The molecule has 1 fully saturated rings. The number of hydrogen-bond acceptors (Lipinski definition) is 3. The first-order valence-corrected chi connectivity index (χ1v) is 11.5. The van der Waals surface area contributed by atoms with Crippen molar-refractivity contribution in [3.05, 3.63) is 58.9 Å². The largest absolute Gasteiger partial charge is 0.370 e. The van der Waals surface area contributed by atoms with Crippen LogP contribution in [-0.2, 0) is 11.2 Å². The Bertz CT molecular complexity index is 1100. The second kappa shape index (κ2) is 9.65. The summed E-state index contributed by atoms with van der Waals surface area (Å²) >= 11 is 6.22. The summed E-state index contributed by atoms with van der Waals surface area (Å²) < 4.78 is 1.99. The number of halogens is 1. The molecule has 0 spiro atoms. The third kappa shape index (κ3) is 4.99. The number of carbonyl (C=O) groups is 2. The second-order valence-corrected chi connectivity index (χ2v) is 8.86. The standard InChI is InChI=1S/C25H28ClN3O2/c26-19-9-6-10-20(16-19)29-22-12-11-18(15-21(22)28-24(29)14-13-23(27)30)25(31)17-7-4-2-1-3-5-8-17/h6,9-12,15-17H,1-5,7-8,13-14H2,(H2,27,30). The Morgan fingerprint density at radius 3 is 2.48 bits per heavy atom. The number of nitrogens with two attached hydrogens (primary N) is 1. The fourth-order valence-electron chi connectivity index (χ4n) is 4.54. The second-order valence-electron chi connectivity index (χ2n) is 8.42. The summed E-state index contributed by atoms with van der Waals surface area (Å²) in [6, 6.07) is 13.3. The number of ketones is 1. The predicted molar refractivity (Wildman–Crippen MR) is 124 cm³/mol. The lowest BCUT2D eigenvalue weighted by Gasteiger charge is -2.18. The van der Waals surface area contributed by atoms with Gasteiger partial charge in [-0.25, -0.2) is 4.98 Å². The summed E-state index contributed by atoms with van der Waals surface area (Å²) in [4.78, 5) is 29.4. The first kappa shape index (κ1) is 21.6. The van der Waals surface area contributed by atoms with Crippen molar-refractivity contribution in [1.82, 2.24) is 9.55 Å². The van der Waals surface area contributed by atoms with Crippen LogP contribution in [-0.4, -0.2) is 21.2 Å². The van der Waals surface area contributed by atoms with Crippen LogP contribution in [0.1, 0.15) is 67.5 Å². The summed E-state index contributed by atoms with van der Waals surface area (Å²) in [5.74, 6) is 0.679. The van der Waals surface area contributed by atoms with Crippen LogP contribution < -0.4 is 5.73 Å². The molecule has 0 aliphatic heterocycles. The molecule has 1 aliphatic rings. The van der Waals surface area contributed by atoms with E-state index >= 15 is 0 Å². The number of hydrogen-bond donors (Lipinski definition) is 1. The van der Waals surface area contributed by atoms with Gasteiger partial charge in [0.2, 0.25) is 5.91 Å². The van der Waals surface area contributed by atoms with Gasteiger partial charge in [-0.2, -0.15) is 0 Å². The molecule has 0 bridgehead atoms. The molecule has 1 aliphatic carbocycles. The quantitative estimate of drug-likeness (QED) is 0.507. The van der Waals surface area contributed by atoms with E-state index in [1.165, 1.54) is 19.3 Å². The Hall–Kier alpha value is -2.66. The van der Waals surface area contributed by atoms with Gasteiger partial charge in [0.25, 0.3) is 0 Å². The van der Waals surface area contributed by atoms with Gasteiger partial charge >= 0.3 is 0 Å². The van der Waals surface area contributed by atoms with Crippen LogP contribution in [0.25, 0.3) is 16.7 Å². The van der Waals surface area contributed by atoms with Crippen LogP contribution in [0.4, 0.5) is 0 Å². The minimum absolute atomic E-state index is 0.0992. The highest BCUT2D eigenvalue weighted by Gasteiger charge is 2.22. The molecule has 1 amide bonds. The predicted octanol–water partition coefficient (Wildman–Crippen LogP) is 5.64. The topological polar surface area (TPSA) is 78.0 Å². The maximum Gasteiger partial charge on any atom is 0.217 e. The average molecular weight is 438 g/mol. The van der Waals surface area contributed by atoms with Crippen LogP contribution in [0.5, 0.6) is 0 Å². The van der Waals surface area contributed by atoms with Gasteiger partial charge in [-0.05, 0) is 49.2 Å². The molecular weight excluding hydrogens is 410 g/mol. The lowest BCUT2D eigenvalue weighted by atomic mass is 9.85. The zero-order valence-electron chi connectivity index (χ0n) is 17.6. The van der Waals surface area contributed by atoms with E-state index in [9.17, 15) is 9.59 Å². The minimum Gasteiger partial charge on any atom is -0.370 e. The third-order valence-electron chi connectivity index (χ3n) is 6.15. The van der Waals surface area contributed by atoms with Crippen molar-refractivity contribution in [2.75, 3.05) is 0 Å². The number of Topliss-reactive ketones (excluding diaryl/α,β-unsaturated/α-hetero) is 1. The lowest BCUT2D eigenvalue weighted by Crippen LogP contribution is -2.16. The Labute approximate surface area is 187 Å². The highest BCUT2D eigenvalue weighted by molar-refractivity contribution is 6.30. The summed E-state index contributed by atoms with van der Waals surface area (Å²) in [7, 11) is 0. The van der Waals surface area contributed by atoms with Crippen LogP contribution in [0, 0.1) is 5.92 Å². The van der Waals surface area contributed by atoms with E-state index in [2.05, 4.69) is 0 Å². The van der Waals surface area contributed by atoms with E-state index < -0.39 is 0 Å². The number of imidazole rings is 1. The molecule has 4 rings (SSSR count). The Morgan fingerprint density at radius 2 is 1.77 bits per heavy atom. The molecular formula is C25H28ClN3O2. The Kier molecular flexibility index (Phi) is 6.71. The van der Waals surface area contributed by atoms with Gasteiger partial charge < -0.3 is 5.73 Å². The zero-order chi connectivity index (χ0) is 21.8. The van der Waals surface area contributed by atoms with Crippen molar-refractivity contribution in [3.8, 4) is 5.69 Å². The van der Waals surface area contributed by atoms with Gasteiger partial charge in [0.05, 0.1) is 11.0 Å². The monoisotopic (exact) mass is 437 g/mol. The van der Waals surface area contributed by atoms with E-state index in [0.29, 0.717) is 11.4 Å². The molecule has 1 heterocycles. The fraction of sp³-hybridized carbons (Fsp3) is 0.400. The fourth-order valence-corrected chi connectivity index (χ4v) is 4.73. The molecule has 3 aromatic rings. The minimum atomic E-state index is -0.371. The molecule has 0 saturated heterocycles. The highest BCUT2D eigenvalue weighted by atomic mass is 35.5. The number of fused-ring (bicyclic) bond motifs is 1. The Balaban J connectivity index is 1.72. The number of amides is 1. The smallest absolute Gasteiger partial charge is 0.217 e. The SMILES string of the molecule is NC(=O)CCc1nc2cc(C(=O)C3CCCCCCC3)ccc2n1-c1cccc(Cl)c1. The summed E-state index contributed by atoms with van der Waals surface area (Å²) in [5.41, 5.74) is 8.59. The van der Waals surface area contributed by atoms with Crippen molar-refractivity contribution in [1.29, 1.82) is 0 Å². The van der Waals surface area contributed by atoms with E-state index in [1.807, 2.05) is 47.0 Å². The van der Waals surface area contributed by atoms with Gasteiger partial charge in [0.15, 0.2) is 5.78 Å². The number of aromatic nitrogens is 2. The Morgan fingerprint density at radius 1 is 1.03 bits per heavy atom. The van der Waals surface area contributed by atoms with Gasteiger partial charge in [-0.1, -0.05) is 49.8 Å². The first-order valence-electron chi connectivity index (χ1n) is 11.1. The number of aryl methyl sites for hydroxylation is 1. The molecule has 1 aromatic heterocycles. The van der Waals surface area contributed by atoms with Crippen LogP contribution in [0.2, 0.25) is 5.02 Å². The molecule has 2 aromatic carbocycles. The molecule has 2 N–H and O–H groups in total. The molecule has 162 valence electrons. The van der Waals surface area contributed by atoms with Gasteiger partial charge in [-0.15, -0.1) is 0 Å². The molecule has 31 heavy (non-hydrogen) atoms. The van der Waals surface area contributed by atoms with Gasteiger partial charge in [0, 0.05) is 35.0 Å². The van der Waals surface area contributed by atoms with Crippen molar-refractivity contribution >= 4 is 34.3 Å². The summed E-state index contributed by atoms with van der Waals surface area (Å²) in [5, 5.41) is 0.622. The number of benzene rings is 2. The maximum absolute atomic E-state index is 13.2. The van der Waals surface area contributed by atoms with Crippen LogP contribution in [0.3, 0.4) is 0 Å². The van der Waals surface area contributed by atoms with Crippen molar-refractivity contribution in [3.63, 3.8) is 0 Å². The highest BCUT2D eigenvalue weighted by Crippen LogP contribution is 2.29. The molecule has 0 unspecified atom stereocenters. The molecule has 0 radical (unpaired) electrons. The number of nitrogens with zero attached hydrogens (tertiary/aromatic N) is 2. The van der Waals surface area contributed by atoms with Gasteiger partial charge in [-0.3, -0.25) is 14.2 Å².